The van der Waals surface area contributed by atoms with E-state index in [9.17, 15) is 4.79 Å². The summed E-state index contributed by atoms with van der Waals surface area (Å²) in [5.74, 6) is -0.127. The predicted octanol–water partition coefficient (Wildman–Crippen LogP) is 6.16. The highest BCUT2D eigenvalue weighted by molar-refractivity contribution is 5.69. The molecule has 0 saturated heterocycles. The van der Waals surface area contributed by atoms with Crippen LogP contribution in [0.5, 0.6) is 0 Å². The topological polar surface area (TPSA) is 100 Å². The molecule has 0 saturated carbocycles. The maximum absolute atomic E-state index is 11.8. The van der Waals surface area contributed by atoms with Crippen LogP contribution in [0, 0.1) is 0 Å². The lowest BCUT2D eigenvalue weighted by atomic mass is 10.0. The van der Waals surface area contributed by atoms with Crippen LogP contribution >= 0.6 is 0 Å². The van der Waals surface area contributed by atoms with Crippen molar-refractivity contribution in [2.45, 2.75) is 104 Å². The Kier molecular flexibility index (Phi) is 39.4. The summed E-state index contributed by atoms with van der Waals surface area (Å²) >= 11 is 0. The highest BCUT2D eigenvalue weighted by atomic mass is 16.6. The van der Waals surface area contributed by atoms with Crippen molar-refractivity contribution >= 4 is 5.97 Å². The van der Waals surface area contributed by atoms with Gasteiger partial charge in [0.05, 0.1) is 99.1 Å². The van der Waals surface area contributed by atoms with Crippen molar-refractivity contribution < 1.29 is 47.4 Å². The van der Waals surface area contributed by atoms with Gasteiger partial charge in [-0.1, -0.05) is 84.0 Å². The Labute approximate surface area is 269 Å². The third-order valence-corrected chi connectivity index (χ3v) is 6.78. The summed E-state index contributed by atoms with van der Waals surface area (Å²) in [5.41, 5.74) is 0. The summed E-state index contributed by atoms with van der Waals surface area (Å²) in [5, 5.41) is 0. The zero-order valence-electron chi connectivity index (χ0n) is 28.5. The van der Waals surface area contributed by atoms with E-state index in [2.05, 4.69) is 6.92 Å². The first-order chi connectivity index (χ1) is 21.8. The maximum atomic E-state index is 11.8. The summed E-state index contributed by atoms with van der Waals surface area (Å²) in [6, 6.07) is 0. The van der Waals surface area contributed by atoms with Crippen molar-refractivity contribution in [1.82, 2.24) is 0 Å². The number of rotatable bonds is 39. The minimum atomic E-state index is -0.127. The summed E-state index contributed by atoms with van der Waals surface area (Å²) in [6.45, 7) is 13.0. The van der Waals surface area contributed by atoms with Gasteiger partial charge in [-0.2, -0.15) is 0 Å². The monoisotopic (exact) mass is 636 g/mol. The van der Waals surface area contributed by atoms with E-state index in [0.717, 1.165) is 12.8 Å². The molecule has 0 aromatic carbocycles. The normalized spacial score (nSPS) is 11.4. The fraction of sp³-hybridized carbons (Fsp3) is 0.971. The van der Waals surface area contributed by atoms with Crippen LogP contribution < -0.4 is 0 Å². The third-order valence-electron chi connectivity index (χ3n) is 6.78. The van der Waals surface area contributed by atoms with Crippen molar-refractivity contribution in [1.29, 1.82) is 0 Å². The summed E-state index contributed by atoms with van der Waals surface area (Å²) in [7, 11) is 0. The van der Waals surface area contributed by atoms with E-state index >= 15 is 0 Å². The van der Waals surface area contributed by atoms with Gasteiger partial charge in [0.15, 0.2) is 0 Å². The van der Waals surface area contributed by atoms with Gasteiger partial charge in [0.1, 0.15) is 6.61 Å². The number of carbonyl (C=O) groups excluding carboxylic acids is 1. The van der Waals surface area contributed by atoms with E-state index in [4.69, 9.17) is 42.6 Å². The molecule has 0 unspecified atom stereocenters. The zero-order valence-corrected chi connectivity index (χ0v) is 28.5. The molecule has 0 aliphatic carbocycles. The molecule has 0 atom stereocenters. The molecule has 0 fully saturated rings. The molecule has 264 valence electrons. The van der Waals surface area contributed by atoms with Crippen LogP contribution in [0.15, 0.2) is 0 Å². The summed E-state index contributed by atoms with van der Waals surface area (Å²) in [6.07, 6.45) is 17.4. The number of carbonyl (C=O) groups is 1. The third kappa shape index (κ3) is 39.2. The molecule has 0 heterocycles. The Bertz CT molecular complexity index is 538. The number of unbranched alkanes of at least 4 members (excludes halogenated alkanes) is 12. The number of hydrogen-bond acceptors (Lipinski definition) is 10. The molecular formula is C34H68O10. The van der Waals surface area contributed by atoms with Crippen molar-refractivity contribution in [3.8, 4) is 0 Å². The van der Waals surface area contributed by atoms with E-state index in [0.29, 0.717) is 119 Å². The molecular weight excluding hydrogens is 568 g/mol. The highest BCUT2D eigenvalue weighted by Crippen LogP contribution is 2.13. The molecule has 0 aliphatic rings. The minimum Gasteiger partial charge on any atom is -0.463 e. The van der Waals surface area contributed by atoms with Crippen LogP contribution in [-0.4, -0.2) is 118 Å². The van der Waals surface area contributed by atoms with Crippen LogP contribution in [0.3, 0.4) is 0 Å². The van der Waals surface area contributed by atoms with Crippen LogP contribution in [0.1, 0.15) is 104 Å². The van der Waals surface area contributed by atoms with Crippen LogP contribution in [-0.2, 0) is 47.4 Å². The smallest absolute Gasteiger partial charge is 0.305 e. The predicted molar refractivity (Wildman–Crippen MR) is 173 cm³/mol. The first-order valence-electron chi connectivity index (χ1n) is 17.6. The molecule has 0 rings (SSSR count). The molecule has 44 heavy (non-hydrogen) atoms. The van der Waals surface area contributed by atoms with Gasteiger partial charge in [-0.25, -0.2) is 0 Å². The molecule has 0 aromatic heterocycles. The molecule has 10 heteroatoms. The Morgan fingerprint density at radius 3 is 0.932 bits per heavy atom. The quantitative estimate of drug-likeness (QED) is 0.0576. The average molecular weight is 637 g/mol. The van der Waals surface area contributed by atoms with Gasteiger partial charge in [0.2, 0.25) is 0 Å². The Balaban J connectivity index is 3.13. The van der Waals surface area contributed by atoms with Gasteiger partial charge in [-0.15, -0.1) is 0 Å². The molecule has 0 bridgehead atoms. The van der Waals surface area contributed by atoms with Gasteiger partial charge < -0.3 is 42.6 Å². The van der Waals surface area contributed by atoms with Crippen LogP contribution in [0.25, 0.3) is 0 Å². The SMILES string of the molecule is CCCCCCCCCCCCCCCC(=O)OCCOCCOCCOCCOCCOCCOCCOCCOCC. The van der Waals surface area contributed by atoms with Crippen LogP contribution in [0.2, 0.25) is 0 Å². The van der Waals surface area contributed by atoms with Crippen molar-refractivity contribution in [2.24, 2.45) is 0 Å². The van der Waals surface area contributed by atoms with Crippen LogP contribution in [0.4, 0.5) is 0 Å². The first kappa shape index (κ1) is 43.1. The van der Waals surface area contributed by atoms with Gasteiger partial charge in [0.25, 0.3) is 0 Å². The lowest BCUT2D eigenvalue weighted by molar-refractivity contribution is -0.145. The second-order valence-corrected chi connectivity index (χ2v) is 10.7. The lowest BCUT2D eigenvalue weighted by Crippen LogP contribution is -2.15. The Morgan fingerprint density at radius 1 is 0.341 bits per heavy atom. The molecule has 0 amide bonds. The highest BCUT2D eigenvalue weighted by Gasteiger charge is 2.03. The molecule has 0 N–H and O–H groups in total. The van der Waals surface area contributed by atoms with Crippen molar-refractivity contribution in [2.75, 3.05) is 112 Å². The molecule has 0 aromatic rings. The second kappa shape index (κ2) is 40.2. The van der Waals surface area contributed by atoms with Crippen molar-refractivity contribution in [3.63, 3.8) is 0 Å². The summed E-state index contributed by atoms with van der Waals surface area (Å²) < 4.78 is 48.5. The number of hydrogen-bond donors (Lipinski definition) is 0. The van der Waals surface area contributed by atoms with Gasteiger partial charge in [-0.3, -0.25) is 4.79 Å². The second-order valence-electron chi connectivity index (χ2n) is 10.7. The Morgan fingerprint density at radius 2 is 0.614 bits per heavy atom. The fourth-order valence-corrected chi connectivity index (χ4v) is 4.26. The van der Waals surface area contributed by atoms with Crippen molar-refractivity contribution in [3.05, 3.63) is 0 Å². The van der Waals surface area contributed by atoms with Gasteiger partial charge in [0, 0.05) is 13.0 Å². The van der Waals surface area contributed by atoms with E-state index in [1.54, 1.807) is 0 Å². The average Bonchev–Trinajstić information content (AvgIpc) is 3.03. The molecule has 0 aliphatic heterocycles. The molecule has 0 spiro atoms. The summed E-state index contributed by atoms with van der Waals surface area (Å²) in [4.78, 5) is 11.8. The van der Waals surface area contributed by atoms with E-state index in [1.807, 2.05) is 6.92 Å². The van der Waals surface area contributed by atoms with E-state index < -0.39 is 0 Å². The standard InChI is InChI=1S/C34H68O10/c1-3-5-6-7-8-9-10-11-12-13-14-15-16-17-34(35)44-33-32-43-31-30-42-29-28-41-27-26-40-25-24-39-23-22-38-21-20-37-19-18-36-4-2/h3-33H2,1-2H3. The lowest BCUT2D eigenvalue weighted by Gasteiger charge is -2.09. The largest absolute Gasteiger partial charge is 0.463 e. The molecule has 0 radical (unpaired) electrons. The zero-order chi connectivity index (χ0) is 31.9. The Hall–Kier alpha value is -0.850. The fourth-order valence-electron chi connectivity index (χ4n) is 4.26. The van der Waals surface area contributed by atoms with E-state index in [1.165, 1.54) is 70.6 Å². The minimum absolute atomic E-state index is 0.127. The number of esters is 1. The number of ether oxygens (including phenoxy) is 9. The maximum Gasteiger partial charge on any atom is 0.305 e. The first-order valence-corrected chi connectivity index (χ1v) is 17.6. The molecule has 10 nitrogen and oxygen atoms in total. The van der Waals surface area contributed by atoms with Gasteiger partial charge in [-0.05, 0) is 13.3 Å². The van der Waals surface area contributed by atoms with E-state index in [-0.39, 0.29) is 5.97 Å². The van der Waals surface area contributed by atoms with Gasteiger partial charge >= 0.3 is 5.97 Å².